The maximum atomic E-state index is 15.0. The van der Waals surface area contributed by atoms with E-state index in [-0.39, 0.29) is 29.3 Å². The van der Waals surface area contributed by atoms with Gasteiger partial charge in [0.2, 0.25) is 5.82 Å². The first-order chi connectivity index (χ1) is 18.0. The highest BCUT2D eigenvalue weighted by Gasteiger charge is 2.24. The minimum absolute atomic E-state index is 0.0731. The number of rotatable bonds is 10. The Morgan fingerprint density at radius 1 is 0.838 bits per heavy atom. The van der Waals surface area contributed by atoms with Crippen molar-refractivity contribution in [2.24, 2.45) is 0 Å². The van der Waals surface area contributed by atoms with Crippen molar-refractivity contribution in [3.8, 4) is 28.0 Å². The fourth-order valence-electron chi connectivity index (χ4n) is 4.42. The topological polar surface area (TPSA) is 27.7 Å². The fourth-order valence-corrected chi connectivity index (χ4v) is 4.42. The molecule has 3 aromatic carbocycles. The lowest BCUT2D eigenvalue weighted by molar-refractivity contribution is -0.159. The Hall–Kier alpha value is -3.09. The van der Waals surface area contributed by atoms with Gasteiger partial charge in [-0.15, -0.1) is 0 Å². The maximum absolute atomic E-state index is 15.0. The molecule has 0 N–H and O–H groups in total. The minimum atomic E-state index is -0.984. The van der Waals surface area contributed by atoms with Crippen LogP contribution >= 0.6 is 0 Å². The summed E-state index contributed by atoms with van der Waals surface area (Å²) in [5.41, 5.74) is 2.68. The average molecular weight is 511 g/mol. The van der Waals surface area contributed by atoms with Crippen LogP contribution in [-0.2, 0) is 9.47 Å². The molecule has 6 heteroatoms. The van der Waals surface area contributed by atoms with Gasteiger partial charge in [0, 0.05) is 11.5 Å². The molecular weight excluding hydrogens is 477 g/mol. The van der Waals surface area contributed by atoms with Crippen molar-refractivity contribution in [2.45, 2.75) is 51.7 Å². The molecule has 3 nitrogen and oxygen atoms in total. The highest BCUT2D eigenvalue weighted by molar-refractivity contribution is 5.71. The zero-order valence-corrected chi connectivity index (χ0v) is 21.3. The first-order valence-corrected chi connectivity index (χ1v) is 12.9. The third-order valence-corrected chi connectivity index (χ3v) is 6.54. The third kappa shape index (κ3) is 6.62. The molecule has 4 rings (SSSR count). The number of hydrogen-bond donors (Lipinski definition) is 0. The first-order valence-electron chi connectivity index (χ1n) is 12.9. The van der Waals surface area contributed by atoms with Gasteiger partial charge < -0.3 is 14.2 Å². The van der Waals surface area contributed by atoms with Gasteiger partial charge >= 0.3 is 0 Å². The summed E-state index contributed by atoms with van der Waals surface area (Å²) < 4.78 is 61.1. The highest BCUT2D eigenvalue weighted by Crippen LogP contribution is 2.33. The van der Waals surface area contributed by atoms with E-state index in [0.717, 1.165) is 31.2 Å². The summed E-state index contributed by atoms with van der Waals surface area (Å²) in [5.74, 6) is -2.51. The normalized spacial score (nSPS) is 17.9. The molecule has 196 valence electrons. The molecular formula is C31H33F3O3. The molecule has 0 atom stereocenters. The quantitative estimate of drug-likeness (QED) is 0.202. The smallest absolute Gasteiger partial charge is 0.201 e. The van der Waals surface area contributed by atoms with Crippen molar-refractivity contribution < 1.29 is 27.4 Å². The second-order valence-corrected chi connectivity index (χ2v) is 9.22. The minimum Gasteiger partial charge on any atom is -0.490 e. The van der Waals surface area contributed by atoms with Gasteiger partial charge in [-0.25, -0.2) is 8.78 Å². The van der Waals surface area contributed by atoms with E-state index in [1.54, 1.807) is 30.3 Å². The number of benzene rings is 3. The van der Waals surface area contributed by atoms with Crippen molar-refractivity contribution in [2.75, 3.05) is 19.8 Å². The van der Waals surface area contributed by atoms with Crippen LogP contribution in [0.2, 0.25) is 0 Å². The van der Waals surface area contributed by atoms with Gasteiger partial charge in [-0.05, 0) is 59.9 Å². The van der Waals surface area contributed by atoms with Gasteiger partial charge in [-0.1, -0.05) is 68.7 Å². The summed E-state index contributed by atoms with van der Waals surface area (Å²) in [7, 11) is 0. The molecule has 0 spiro atoms. The molecule has 1 heterocycles. The van der Waals surface area contributed by atoms with Crippen LogP contribution < -0.4 is 4.74 Å². The average Bonchev–Trinajstić information content (AvgIpc) is 2.92. The van der Waals surface area contributed by atoms with Crippen LogP contribution in [0.1, 0.15) is 51.0 Å². The van der Waals surface area contributed by atoms with Gasteiger partial charge in [-0.3, -0.25) is 0 Å². The van der Waals surface area contributed by atoms with Gasteiger partial charge in [0.15, 0.2) is 17.9 Å². The largest absolute Gasteiger partial charge is 0.490 e. The number of unbranched alkanes of at least 4 members (excludes halogenated alkanes) is 3. The predicted molar refractivity (Wildman–Crippen MR) is 140 cm³/mol. The number of halogens is 3. The predicted octanol–water partition coefficient (Wildman–Crippen LogP) is 8.43. The van der Waals surface area contributed by atoms with Gasteiger partial charge in [0.05, 0.1) is 19.8 Å². The van der Waals surface area contributed by atoms with Crippen LogP contribution in [-0.4, -0.2) is 26.1 Å². The zero-order chi connectivity index (χ0) is 26.2. The van der Waals surface area contributed by atoms with E-state index in [4.69, 9.17) is 14.2 Å². The van der Waals surface area contributed by atoms with E-state index in [9.17, 15) is 13.2 Å². The highest BCUT2D eigenvalue weighted by atomic mass is 19.2. The summed E-state index contributed by atoms with van der Waals surface area (Å²) >= 11 is 0. The molecule has 0 unspecified atom stereocenters. The number of ether oxygens (including phenoxy) is 3. The van der Waals surface area contributed by atoms with Crippen LogP contribution in [0.5, 0.6) is 5.75 Å². The Morgan fingerprint density at radius 3 is 2.22 bits per heavy atom. The molecule has 0 amide bonds. The lowest BCUT2D eigenvalue weighted by Crippen LogP contribution is -2.29. The van der Waals surface area contributed by atoms with Crippen molar-refractivity contribution in [1.29, 1.82) is 0 Å². The summed E-state index contributed by atoms with van der Waals surface area (Å²) in [6, 6.07) is 15.0. The van der Waals surface area contributed by atoms with Crippen LogP contribution in [0, 0.1) is 17.5 Å². The lowest BCUT2D eigenvalue weighted by Gasteiger charge is -2.28. The standard InChI is InChI=1S/C31H33F3O3/c1-3-5-6-7-17-35-28-16-15-26(30(33)31(28)34)22-11-9-21(10-12-22)23-13-14-25(27(32)18-23)24-19-36-29(8-4-2)37-20-24/h4,8-16,18,24,29H,3,5-7,17,19-20H2,1-2H3/b8-4+. The van der Waals surface area contributed by atoms with E-state index < -0.39 is 11.6 Å². The van der Waals surface area contributed by atoms with Crippen molar-refractivity contribution in [3.05, 3.63) is 89.8 Å². The summed E-state index contributed by atoms with van der Waals surface area (Å²) in [4.78, 5) is 0. The van der Waals surface area contributed by atoms with E-state index in [0.29, 0.717) is 36.5 Å². The van der Waals surface area contributed by atoms with E-state index in [1.807, 2.05) is 25.1 Å². The lowest BCUT2D eigenvalue weighted by atomic mass is 9.95. The summed E-state index contributed by atoms with van der Waals surface area (Å²) in [5, 5.41) is 0. The SMILES string of the molecule is C/C=C/C1OCC(c2ccc(-c3ccc(-c4ccc(OCCCCCC)c(F)c4F)cc3)cc2F)CO1. The fraction of sp³-hybridized carbons (Fsp3) is 0.355. The van der Waals surface area contributed by atoms with Crippen LogP contribution in [0.25, 0.3) is 22.3 Å². The maximum Gasteiger partial charge on any atom is 0.201 e. The molecule has 0 aliphatic carbocycles. The van der Waals surface area contributed by atoms with Crippen molar-refractivity contribution in [3.63, 3.8) is 0 Å². The molecule has 3 aromatic rings. The summed E-state index contributed by atoms with van der Waals surface area (Å²) in [6.07, 6.45) is 7.28. The van der Waals surface area contributed by atoms with E-state index in [2.05, 4.69) is 6.92 Å². The summed E-state index contributed by atoms with van der Waals surface area (Å²) in [6.45, 7) is 5.12. The van der Waals surface area contributed by atoms with E-state index >= 15 is 0 Å². The molecule has 1 aliphatic rings. The number of allylic oxidation sites excluding steroid dienone is 1. The third-order valence-electron chi connectivity index (χ3n) is 6.54. The van der Waals surface area contributed by atoms with Crippen molar-refractivity contribution >= 4 is 0 Å². The first kappa shape index (κ1) is 27.0. The second-order valence-electron chi connectivity index (χ2n) is 9.22. The molecule has 0 saturated carbocycles. The van der Waals surface area contributed by atoms with Gasteiger partial charge in [-0.2, -0.15) is 4.39 Å². The van der Waals surface area contributed by atoms with Crippen LogP contribution in [0.4, 0.5) is 13.2 Å². The van der Waals surface area contributed by atoms with Gasteiger partial charge in [0.1, 0.15) is 5.82 Å². The Bertz CT molecular complexity index is 1200. The number of hydrogen-bond acceptors (Lipinski definition) is 3. The molecule has 0 aromatic heterocycles. The van der Waals surface area contributed by atoms with Crippen LogP contribution in [0.15, 0.2) is 66.7 Å². The Balaban J connectivity index is 1.44. The Kier molecular flexibility index (Phi) is 9.42. The molecule has 37 heavy (non-hydrogen) atoms. The van der Waals surface area contributed by atoms with Crippen LogP contribution in [0.3, 0.4) is 0 Å². The van der Waals surface area contributed by atoms with Gasteiger partial charge in [0.25, 0.3) is 0 Å². The Morgan fingerprint density at radius 2 is 1.54 bits per heavy atom. The van der Waals surface area contributed by atoms with E-state index in [1.165, 1.54) is 18.2 Å². The molecule has 0 bridgehead atoms. The molecule has 1 saturated heterocycles. The Labute approximate surface area is 216 Å². The monoisotopic (exact) mass is 510 g/mol. The molecule has 1 aliphatic heterocycles. The molecule has 0 radical (unpaired) electrons. The zero-order valence-electron chi connectivity index (χ0n) is 21.3. The molecule has 1 fully saturated rings. The van der Waals surface area contributed by atoms with Crippen molar-refractivity contribution in [1.82, 2.24) is 0 Å². The second kappa shape index (κ2) is 12.9.